The van der Waals surface area contributed by atoms with Crippen LogP contribution in [0.3, 0.4) is 0 Å². The molecule has 1 aliphatic rings. The van der Waals surface area contributed by atoms with Crippen LogP contribution in [-0.4, -0.2) is 75.6 Å². The van der Waals surface area contributed by atoms with Gasteiger partial charge in [-0.25, -0.2) is 0 Å². The van der Waals surface area contributed by atoms with Crippen LogP contribution in [0.4, 0.5) is 5.69 Å². The monoisotopic (exact) mass is 332 g/mol. The van der Waals surface area contributed by atoms with Crippen LogP contribution < -0.4 is 10.2 Å². The van der Waals surface area contributed by atoms with Crippen molar-refractivity contribution in [1.82, 2.24) is 15.1 Å². The summed E-state index contributed by atoms with van der Waals surface area (Å²) in [5.41, 5.74) is 3.98. The second kappa shape index (κ2) is 9.04. The summed E-state index contributed by atoms with van der Waals surface area (Å²) in [7, 11) is 4.14. The number of hydrogen-bond acceptors (Lipinski definition) is 4. The summed E-state index contributed by atoms with van der Waals surface area (Å²) >= 11 is 0. The van der Waals surface area contributed by atoms with Crippen LogP contribution in [0.25, 0.3) is 0 Å². The van der Waals surface area contributed by atoms with E-state index in [0.717, 1.165) is 45.7 Å². The fraction of sp³-hybridized carbons (Fsp3) is 0.632. The lowest BCUT2D eigenvalue weighted by atomic mass is 10.1. The van der Waals surface area contributed by atoms with Gasteiger partial charge >= 0.3 is 0 Å². The molecule has 1 N–H and O–H groups in total. The van der Waals surface area contributed by atoms with Crippen molar-refractivity contribution in [3.05, 3.63) is 29.3 Å². The highest BCUT2D eigenvalue weighted by atomic mass is 16.2. The Hall–Kier alpha value is -1.59. The van der Waals surface area contributed by atoms with Crippen LogP contribution in [0.1, 0.15) is 17.5 Å². The van der Waals surface area contributed by atoms with Crippen LogP contribution in [0.15, 0.2) is 18.2 Å². The molecule has 1 heterocycles. The Morgan fingerprint density at radius 3 is 2.54 bits per heavy atom. The molecule has 0 bridgehead atoms. The normalized spacial score (nSPS) is 15.2. The quantitative estimate of drug-likeness (QED) is 0.768. The van der Waals surface area contributed by atoms with Gasteiger partial charge in [-0.15, -0.1) is 0 Å². The number of amides is 1. The van der Waals surface area contributed by atoms with E-state index in [9.17, 15) is 4.79 Å². The molecule has 1 aromatic rings. The minimum Gasteiger partial charge on any atom is -0.368 e. The van der Waals surface area contributed by atoms with Gasteiger partial charge in [0.15, 0.2) is 0 Å². The highest BCUT2D eigenvalue weighted by Crippen LogP contribution is 2.23. The number of anilines is 1. The fourth-order valence-electron chi connectivity index (χ4n) is 3.10. The molecule has 1 aromatic carbocycles. The molecule has 0 saturated carbocycles. The summed E-state index contributed by atoms with van der Waals surface area (Å²) in [5, 5.41) is 3.27. The van der Waals surface area contributed by atoms with Crippen molar-refractivity contribution in [1.29, 1.82) is 0 Å². The van der Waals surface area contributed by atoms with Gasteiger partial charge in [-0.2, -0.15) is 0 Å². The lowest BCUT2D eigenvalue weighted by molar-refractivity contribution is -0.130. The Morgan fingerprint density at radius 2 is 1.88 bits per heavy atom. The van der Waals surface area contributed by atoms with E-state index in [1.165, 1.54) is 16.8 Å². The van der Waals surface area contributed by atoms with E-state index >= 15 is 0 Å². The lowest BCUT2D eigenvalue weighted by Gasteiger charge is -2.37. The summed E-state index contributed by atoms with van der Waals surface area (Å²) in [5.74, 6) is 0.223. The predicted octanol–water partition coefficient (Wildman–Crippen LogP) is 1.49. The number of hydrogen-bond donors (Lipinski definition) is 1. The van der Waals surface area contributed by atoms with Crippen LogP contribution in [0.5, 0.6) is 0 Å². The van der Waals surface area contributed by atoms with E-state index in [-0.39, 0.29) is 5.91 Å². The van der Waals surface area contributed by atoms with Crippen LogP contribution in [0, 0.1) is 13.8 Å². The summed E-state index contributed by atoms with van der Waals surface area (Å²) in [6, 6.07) is 6.46. The molecule has 1 amide bonds. The highest BCUT2D eigenvalue weighted by Gasteiger charge is 2.21. The maximum absolute atomic E-state index is 12.3. The van der Waals surface area contributed by atoms with Crippen LogP contribution in [-0.2, 0) is 4.79 Å². The smallest absolute Gasteiger partial charge is 0.236 e. The third-order valence-electron chi connectivity index (χ3n) is 4.78. The number of carbonyl (C=O) groups is 1. The van der Waals surface area contributed by atoms with Crippen molar-refractivity contribution < 1.29 is 4.79 Å². The largest absolute Gasteiger partial charge is 0.368 e. The Labute approximate surface area is 146 Å². The first-order valence-electron chi connectivity index (χ1n) is 8.93. The molecule has 24 heavy (non-hydrogen) atoms. The molecule has 0 atom stereocenters. The number of benzene rings is 1. The van der Waals surface area contributed by atoms with E-state index in [0.29, 0.717) is 6.54 Å². The maximum Gasteiger partial charge on any atom is 0.236 e. The number of nitrogens with zero attached hydrogens (tertiary/aromatic N) is 3. The molecule has 0 aliphatic carbocycles. The zero-order chi connectivity index (χ0) is 17.5. The van der Waals surface area contributed by atoms with Crippen molar-refractivity contribution in [3.8, 4) is 0 Å². The van der Waals surface area contributed by atoms with Gasteiger partial charge in [-0.05, 0) is 64.6 Å². The zero-order valence-electron chi connectivity index (χ0n) is 15.6. The van der Waals surface area contributed by atoms with Crippen molar-refractivity contribution in [2.45, 2.75) is 20.3 Å². The summed E-state index contributed by atoms with van der Waals surface area (Å²) in [4.78, 5) is 18.8. The van der Waals surface area contributed by atoms with Gasteiger partial charge in [-0.3, -0.25) is 4.79 Å². The molecule has 5 nitrogen and oxygen atoms in total. The molecule has 0 spiro atoms. The van der Waals surface area contributed by atoms with Crippen molar-refractivity contribution in [2.24, 2.45) is 0 Å². The minimum atomic E-state index is 0.223. The summed E-state index contributed by atoms with van der Waals surface area (Å²) in [6.45, 7) is 10.2. The second-order valence-electron chi connectivity index (χ2n) is 6.92. The number of piperazine rings is 1. The Morgan fingerprint density at radius 1 is 1.17 bits per heavy atom. The SMILES string of the molecule is Cc1cccc(N2CCN(C(=O)CNCCCN(C)C)CC2)c1C. The first-order valence-corrected chi connectivity index (χ1v) is 8.93. The number of aryl methyl sites for hydroxylation is 1. The summed E-state index contributed by atoms with van der Waals surface area (Å²) in [6.07, 6.45) is 1.07. The topological polar surface area (TPSA) is 38.8 Å². The minimum absolute atomic E-state index is 0.223. The molecule has 5 heteroatoms. The Kier molecular flexibility index (Phi) is 7.06. The third-order valence-corrected chi connectivity index (χ3v) is 4.78. The van der Waals surface area contributed by atoms with Gasteiger partial charge in [0.25, 0.3) is 0 Å². The molecule has 134 valence electrons. The van der Waals surface area contributed by atoms with E-state index in [4.69, 9.17) is 0 Å². The fourth-order valence-corrected chi connectivity index (χ4v) is 3.10. The van der Waals surface area contributed by atoms with E-state index in [2.05, 4.69) is 61.3 Å². The van der Waals surface area contributed by atoms with Gasteiger partial charge in [0, 0.05) is 31.9 Å². The standard InChI is InChI=1S/C19H32N4O/c1-16-7-5-8-18(17(16)2)22-11-13-23(14-12-22)19(24)15-20-9-6-10-21(3)4/h5,7-8,20H,6,9-15H2,1-4H3. The molecule has 1 aliphatic heterocycles. The Balaban J connectivity index is 1.74. The third kappa shape index (κ3) is 5.21. The second-order valence-corrected chi connectivity index (χ2v) is 6.92. The van der Waals surface area contributed by atoms with Gasteiger partial charge in [-0.1, -0.05) is 12.1 Å². The number of carbonyl (C=O) groups excluding carboxylic acids is 1. The first-order chi connectivity index (χ1) is 11.5. The average Bonchev–Trinajstić information content (AvgIpc) is 2.57. The molecule has 1 saturated heterocycles. The van der Waals surface area contributed by atoms with Gasteiger partial charge in [0.2, 0.25) is 5.91 Å². The Bertz CT molecular complexity index is 536. The average molecular weight is 332 g/mol. The van der Waals surface area contributed by atoms with Crippen molar-refractivity contribution in [2.75, 3.05) is 64.8 Å². The van der Waals surface area contributed by atoms with Crippen LogP contribution >= 0.6 is 0 Å². The summed E-state index contributed by atoms with van der Waals surface area (Å²) < 4.78 is 0. The predicted molar refractivity (Wildman–Crippen MR) is 101 cm³/mol. The van der Waals surface area contributed by atoms with Gasteiger partial charge in [0.1, 0.15) is 0 Å². The van der Waals surface area contributed by atoms with E-state index in [1.807, 2.05) is 4.90 Å². The van der Waals surface area contributed by atoms with Crippen LogP contribution in [0.2, 0.25) is 0 Å². The molecular weight excluding hydrogens is 300 g/mol. The van der Waals surface area contributed by atoms with Gasteiger partial charge < -0.3 is 20.0 Å². The first kappa shape index (κ1) is 18.7. The number of nitrogens with one attached hydrogen (secondary N) is 1. The van der Waals surface area contributed by atoms with Crippen molar-refractivity contribution >= 4 is 11.6 Å². The lowest BCUT2D eigenvalue weighted by Crippen LogP contribution is -2.51. The van der Waals surface area contributed by atoms with Crippen molar-refractivity contribution in [3.63, 3.8) is 0 Å². The molecule has 0 radical (unpaired) electrons. The molecule has 0 unspecified atom stereocenters. The van der Waals surface area contributed by atoms with E-state index < -0.39 is 0 Å². The number of rotatable bonds is 7. The molecule has 1 fully saturated rings. The molecule has 2 rings (SSSR count). The van der Waals surface area contributed by atoms with Gasteiger partial charge in [0.05, 0.1) is 6.54 Å². The maximum atomic E-state index is 12.3. The van der Waals surface area contributed by atoms with E-state index in [1.54, 1.807) is 0 Å². The zero-order valence-corrected chi connectivity index (χ0v) is 15.6. The molecular formula is C19H32N4O. The molecule has 0 aromatic heterocycles. The highest BCUT2D eigenvalue weighted by molar-refractivity contribution is 5.78.